The number of hydrogen-bond donors (Lipinski definition) is 1. The quantitative estimate of drug-likeness (QED) is 0.410. The third-order valence-electron chi connectivity index (χ3n) is 3.70. The van der Waals surface area contributed by atoms with Crippen LogP contribution in [0.1, 0.15) is 31.2 Å². The number of rotatable bonds is 4. The zero-order valence-corrected chi connectivity index (χ0v) is 15.6. The number of thiophene rings is 1. The smallest absolute Gasteiger partial charge is 0.337 e. The number of carbonyl (C=O) groups is 2. The average molecular weight is 387 g/mol. The SMILES string of the molecule is COC(=O)c1ccc(/C=N\NC(=O)c2sc3cc(C)ccc3c2Cl)cc1. The van der Waals surface area contributed by atoms with Gasteiger partial charge < -0.3 is 4.74 Å². The number of nitrogens with zero attached hydrogens (tertiary/aromatic N) is 1. The van der Waals surface area contributed by atoms with Crippen molar-refractivity contribution in [3.05, 3.63) is 69.1 Å². The molecule has 1 aromatic heterocycles. The Morgan fingerprint density at radius 3 is 2.62 bits per heavy atom. The monoisotopic (exact) mass is 386 g/mol. The van der Waals surface area contributed by atoms with Gasteiger partial charge in [-0.1, -0.05) is 35.9 Å². The van der Waals surface area contributed by atoms with Gasteiger partial charge in [-0.25, -0.2) is 10.2 Å². The number of hydrogen-bond acceptors (Lipinski definition) is 5. The van der Waals surface area contributed by atoms with E-state index in [2.05, 4.69) is 15.3 Å². The Kier molecular flexibility index (Phi) is 5.35. The van der Waals surface area contributed by atoms with Gasteiger partial charge in [0.05, 0.1) is 23.9 Å². The molecule has 0 aliphatic rings. The predicted octanol–water partition coefficient (Wildman–Crippen LogP) is 4.41. The highest BCUT2D eigenvalue weighted by Gasteiger charge is 2.16. The number of benzene rings is 2. The lowest BCUT2D eigenvalue weighted by Gasteiger charge is -2.00. The first kappa shape index (κ1) is 18.1. The first-order valence-corrected chi connectivity index (χ1v) is 8.89. The van der Waals surface area contributed by atoms with Gasteiger partial charge in [-0.3, -0.25) is 4.79 Å². The van der Waals surface area contributed by atoms with E-state index in [0.29, 0.717) is 15.5 Å². The third kappa shape index (κ3) is 3.76. The van der Waals surface area contributed by atoms with Crippen molar-refractivity contribution in [3.8, 4) is 0 Å². The molecular weight excluding hydrogens is 372 g/mol. The maximum Gasteiger partial charge on any atom is 0.337 e. The lowest BCUT2D eigenvalue weighted by Crippen LogP contribution is -2.16. The van der Waals surface area contributed by atoms with Crippen LogP contribution in [0.25, 0.3) is 10.1 Å². The summed E-state index contributed by atoms with van der Waals surface area (Å²) < 4.78 is 5.60. The minimum Gasteiger partial charge on any atom is -0.465 e. The van der Waals surface area contributed by atoms with Crippen molar-refractivity contribution in [1.29, 1.82) is 0 Å². The second-order valence-corrected chi connectivity index (χ2v) is 6.99. The lowest BCUT2D eigenvalue weighted by molar-refractivity contribution is 0.0600. The van der Waals surface area contributed by atoms with Crippen molar-refractivity contribution in [2.45, 2.75) is 6.92 Å². The van der Waals surface area contributed by atoms with Crippen molar-refractivity contribution in [2.24, 2.45) is 5.10 Å². The van der Waals surface area contributed by atoms with E-state index in [1.165, 1.54) is 24.7 Å². The Labute approximate surface area is 159 Å². The molecule has 0 fully saturated rings. The summed E-state index contributed by atoms with van der Waals surface area (Å²) in [5.41, 5.74) is 4.76. The molecule has 0 radical (unpaired) electrons. The number of fused-ring (bicyclic) bond motifs is 1. The van der Waals surface area contributed by atoms with E-state index in [-0.39, 0.29) is 5.91 Å². The topological polar surface area (TPSA) is 67.8 Å². The van der Waals surface area contributed by atoms with E-state index in [9.17, 15) is 9.59 Å². The molecule has 0 spiro atoms. The Balaban J connectivity index is 1.71. The van der Waals surface area contributed by atoms with Crippen LogP contribution in [0.15, 0.2) is 47.6 Å². The minimum absolute atomic E-state index is 0.365. The van der Waals surface area contributed by atoms with Crippen LogP contribution in [0.3, 0.4) is 0 Å². The Morgan fingerprint density at radius 2 is 1.92 bits per heavy atom. The first-order valence-electron chi connectivity index (χ1n) is 7.70. The van der Waals surface area contributed by atoms with Gasteiger partial charge in [-0.2, -0.15) is 5.10 Å². The third-order valence-corrected chi connectivity index (χ3v) is 5.36. The minimum atomic E-state index is -0.406. The molecule has 7 heteroatoms. The second kappa shape index (κ2) is 7.68. The maximum absolute atomic E-state index is 12.3. The van der Waals surface area contributed by atoms with Crippen molar-refractivity contribution < 1.29 is 14.3 Å². The molecule has 2 aromatic carbocycles. The highest BCUT2D eigenvalue weighted by atomic mass is 35.5. The first-order chi connectivity index (χ1) is 12.5. The normalized spacial score (nSPS) is 11.0. The summed E-state index contributed by atoms with van der Waals surface area (Å²) in [7, 11) is 1.33. The van der Waals surface area contributed by atoms with Crippen LogP contribution in [0, 0.1) is 6.92 Å². The number of hydrazone groups is 1. The van der Waals surface area contributed by atoms with E-state index in [4.69, 9.17) is 11.6 Å². The van der Waals surface area contributed by atoms with Crippen molar-refractivity contribution in [3.63, 3.8) is 0 Å². The van der Waals surface area contributed by atoms with Gasteiger partial charge >= 0.3 is 5.97 Å². The molecule has 0 aliphatic carbocycles. The molecule has 3 aromatic rings. The van der Waals surface area contributed by atoms with Gasteiger partial charge in [0.15, 0.2) is 0 Å². The molecule has 0 atom stereocenters. The largest absolute Gasteiger partial charge is 0.465 e. The van der Waals surface area contributed by atoms with Crippen LogP contribution in [0.2, 0.25) is 5.02 Å². The summed E-state index contributed by atoms with van der Waals surface area (Å²) in [6, 6.07) is 12.5. The van der Waals surface area contributed by atoms with Crippen LogP contribution in [0.5, 0.6) is 0 Å². The lowest BCUT2D eigenvalue weighted by atomic mass is 10.1. The van der Waals surface area contributed by atoms with Gasteiger partial charge in [0, 0.05) is 10.1 Å². The van der Waals surface area contributed by atoms with Crippen LogP contribution in [0.4, 0.5) is 0 Å². The number of esters is 1. The number of aryl methyl sites for hydroxylation is 1. The van der Waals surface area contributed by atoms with Crippen LogP contribution in [-0.4, -0.2) is 25.2 Å². The molecule has 1 amide bonds. The van der Waals surface area contributed by atoms with E-state index >= 15 is 0 Å². The summed E-state index contributed by atoms with van der Waals surface area (Å²) in [4.78, 5) is 24.1. The number of halogens is 1. The standard InChI is InChI=1S/C19H15ClN2O3S/c1-11-3-8-14-15(9-11)26-17(16(14)20)18(23)22-21-10-12-4-6-13(7-5-12)19(24)25-2/h3-10H,1-2H3,(H,22,23)/b21-10-. The zero-order chi connectivity index (χ0) is 18.7. The molecule has 1 heterocycles. The van der Waals surface area contributed by atoms with Crippen LogP contribution >= 0.6 is 22.9 Å². The summed E-state index contributed by atoms with van der Waals surface area (Å²) in [6.07, 6.45) is 1.49. The number of ether oxygens (including phenoxy) is 1. The molecular formula is C19H15ClN2O3S. The summed E-state index contributed by atoms with van der Waals surface area (Å²) in [5.74, 6) is -0.771. The van der Waals surface area contributed by atoms with Crippen molar-refractivity contribution in [1.82, 2.24) is 5.43 Å². The Morgan fingerprint density at radius 1 is 1.19 bits per heavy atom. The Hall–Kier alpha value is -2.70. The predicted molar refractivity (Wildman–Crippen MR) is 104 cm³/mol. The average Bonchev–Trinajstić information content (AvgIpc) is 2.97. The molecule has 0 saturated heterocycles. The van der Waals surface area contributed by atoms with Gasteiger partial charge in [0.25, 0.3) is 5.91 Å². The van der Waals surface area contributed by atoms with E-state index < -0.39 is 5.97 Å². The fraction of sp³-hybridized carbons (Fsp3) is 0.105. The molecule has 0 unspecified atom stereocenters. The Bertz CT molecular complexity index is 1010. The van der Waals surface area contributed by atoms with Gasteiger partial charge in [0.2, 0.25) is 0 Å². The zero-order valence-electron chi connectivity index (χ0n) is 14.1. The van der Waals surface area contributed by atoms with Crippen LogP contribution < -0.4 is 5.43 Å². The summed E-state index contributed by atoms with van der Waals surface area (Å²) >= 11 is 7.65. The van der Waals surface area contributed by atoms with Crippen molar-refractivity contribution in [2.75, 3.05) is 7.11 Å². The number of carbonyl (C=O) groups excluding carboxylic acids is 2. The molecule has 1 N–H and O–H groups in total. The summed E-state index contributed by atoms with van der Waals surface area (Å²) in [6.45, 7) is 1.99. The fourth-order valence-corrected chi connectivity index (χ4v) is 3.86. The van der Waals surface area contributed by atoms with Crippen LogP contribution in [-0.2, 0) is 4.74 Å². The molecule has 132 valence electrons. The van der Waals surface area contributed by atoms with Gasteiger partial charge in [0.1, 0.15) is 4.88 Å². The van der Waals surface area contributed by atoms with E-state index in [0.717, 1.165) is 21.2 Å². The van der Waals surface area contributed by atoms with E-state index in [1.54, 1.807) is 24.3 Å². The highest BCUT2D eigenvalue weighted by Crippen LogP contribution is 2.35. The molecule has 0 aliphatic heterocycles. The fourth-order valence-electron chi connectivity index (χ4n) is 2.36. The second-order valence-electron chi connectivity index (χ2n) is 5.56. The molecule has 5 nitrogen and oxygen atoms in total. The molecule has 3 rings (SSSR count). The molecule has 26 heavy (non-hydrogen) atoms. The number of methoxy groups -OCH3 is 1. The number of amides is 1. The van der Waals surface area contributed by atoms with Gasteiger partial charge in [-0.05, 0) is 36.2 Å². The van der Waals surface area contributed by atoms with Gasteiger partial charge in [-0.15, -0.1) is 11.3 Å². The maximum atomic E-state index is 12.3. The van der Waals surface area contributed by atoms with Crippen molar-refractivity contribution >= 4 is 51.1 Å². The highest BCUT2D eigenvalue weighted by molar-refractivity contribution is 7.21. The molecule has 0 saturated carbocycles. The number of nitrogens with one attached hydrogen (secondary N) is 1. The summed E-state index contributed by atoms with van der Waals surface area (Å²) in [5, 5.41) is 5.24. The molecule has 0 bridgehead atoms. The van der Waals surface area contributed by atoms with E-state index in [1.807, 2.05) is 25.1 Å².